The summed E-state index contributed by atoms with van der Waals surface area (Å²) in [5, 5.41) is 0. The summed E-state index contributed by atoms with van der Waals surface area (Å²) in [6.07, 6.45) is 3.94. The smallest absolute Gasteiger partial charge is 0.0570 e. The number of hydrogen-bond donors (Lipinski definition) is 1. The van der Waals surface area contributed by atoms with Crippen molar-refractivity contribution in [1.82, 2.24) is 0 Å². The van der Waals surface area contributed by atoms with Crippen LogP contribution < -0.4 is 5.73 Å². The van der Waals surface area contributed by atoms with Crippen LogP contribution >= 0.6 is 0 Å². The van der Waals surface area contributed by atoms with E-state index in [-0.39, 0.29) is 9.52 Å². The van der Waals surface area contributed by atoms with Gasteiger partial charge in [-0.15, -0.1) is 0 Å². The molecular formula is C8H19NOSi. The molecule has 2 unspecified atom stereocenters. The monoisotopic (exact) mass is 173 g/mol. The van der Waals surface area contributed by atoms with Crippen molar-refractivity contribution >= 4 is 9.52 Å². The van der Waals surface area contributed by atoms with Crippen LogP contribution in [0.25, 0.3) is 0 Å². The second kappa shape index (κ2) is 4.90. The SMILES string of the molecule is CC(N)C[SiH2]C1CCCCO1. The summed E-state index contributed by atoms with van der Waals surface area (Å²) in [6, 6.07) is 1.64. The van der Waals surface area contributed by atoms with Crippen LogP contribution in [-0.2, 0) is 4.74 Å². The highest BCUT2D eigenvalue weighted by Gasteiger charge is 2.13. The minimum absolute atomic E-state index is 0.0292. The molecule has 1 aliphatic heterocycles. The Bertz CT molecular complexity index is 102. The van der Waals surface area contributed by atoms with Gasteiger partial charge in [-0.2, -0.15) is 0 Å². The largest absolute Gasteiger partial charge is 0.382 e. The van der Waals surface area contributed by atoms with Gasteiger partial charge in [0.1, 0.15) is 0 Å². The second-order valence-electron chi connectivity index (χ2n) is 3.54. The Morgan fingerprint density at radius 3 is 3.00 bits per heavy atom. The highest BCUT2D eigenvalue weighted by molar-refractivity contribution is 6.37. The summed E-state index contributed by atoms with van der Waals surface area (Å²) in [5.74, 6) is 0. The highest BCUT2D eigenvalue weighted by atomic mass is 28.2. The summed E-state index contributed by atoms with van der Waals surface area (Å²) < 4.78 is 5.63. The average molecular weight is 173 g/mol. The molecule has 0 radical (unpaired) electrons. The Labute approximate surface area is 71.3 Å². The Kier molecular flexibility index (Phi) is 4.11. The van der Waals surface area contributed by atoms with Crippen LogP contribution in [0.3, 0.4) is 0 Å². The number of hydrogen-bond acceptors (Lipinski definition) is 2. The molecule has 1 heterocycles. The zero-order valence-corrected chi connectivity index (χ0v) is 8.80. The molecule has 0 saturated carbocycles. The van der Waals surface area contributed by atoms with E-state index in [1.165, 1.54) is 25.3 Å². The van der Waals surface area contributed by atoms with Gasteiger partial charge in [-0.1, -0.05) is 6.92 Å². The molecule has 0 spiro atoms. The van der Waals surface area contributed by atoms with Crippen molar-refractivity contribution < 1.29 is 4.74 Å². The number of rotatable bonds is 3. The molecule has 0 amide bonds. The molecule has 1 fully saturated rings. The zero-order chi connectivity index (χ0) is 8.10. The lowest BCUT2D eigenvalue weighted by molar-refractivity contribution is 0.0649. The lowest BCUT2D eigenvalue weighted by Crippen LogP contribution is -2.29. The van der Waals surface area contributed by atoms with E-state index in [0.717, 1.165) is 6.61 Å². The van der Waals surface area contributed by atoms with E-state index >= 15 is 0 Å². The summed E-state index contributed by atoms with van der Waals surface area (Å²) in [4.78, 5) is 0. The minimum Gasteiger partial charge on any atom is -0.382 e. The maximum atomic E-state index is 5.69. The molecule has 3 heteroatoms. The fourth-order valence-electron chi connectivity index (χ4n) is 1.48. The minimum atomic E-state index is -0.0292. The van der Waals surface area contributed by atoms with Crippen LogP contribution in [0.4, 0.5) is 0 Å². The maximum absolute atomic E-state index is 5.69. The van der Waals surface area contributed by atoms with Gasteiger partial charge >= 0.3 is 0 Å². The van der Waals surface area contributed by atoms with Gasteiger partial charge < -0.3 is 10.5 Å². The van der Waals surface area contributed by atoms with Gasteiger partial charge in [0.2, 0.25) is 0 Å². The van der Waals surface area contributed by atoms with Crippen molar-refractivity contribution in [3.05, 3.63) is 0 Å². The van der Waals surface area contributed by atoms with Gasteiger partial charge in [-0.3, -0.25) is 0 Å². The first-order valence-corrected chi connectivity index (χ1v) is 6.48. The summed E-state index contributed by atoms with van der Waals surface area (Å²) >= 11 is 0. The van der Waals surface area contributed by atoms with Crippen molar-refractivity contribution in [3.63, 3.8) is 0 Å². The first-order chi connectivity index (χ1) is 5.29. The first-order valence-electron chi connectivity index (χ1n) is 4.66. The molecule has 66 valence electrons. The van der Waals surface area contributed by atoms with E-state index in [1.54, 1.807) is 0 Å². The second-order valence-corrected chi connectivity index (χ2v) is 5.61. The van der Waals surface area contributed by atoms with E-state index in [9.17, 15) is 0 Å². The zero-order valence-electron chi connectivity index (χ0n) is 7.38. The maximum Gasteiger partial charge on any atom is 0.0570 e. The Hall–Kier alpha value is 0.137. The van der Waals surface area contributed by atoms with Crippen molar-refractivity contribution in [3.8, 4) is 0 Å². The number of ether oxygens (including phenoxy) is 1. The highest BCUT2D eigenvalue weighted by Crippen LogP contribution is 2.12. The van der Waals surface area contributed by atoms with Crippen LogP contribution in [-0.4, -0.2) is 27.9 Å². The molecule has 0 aliphatic carbocycles. The molecule has 1 aliphatic rings. The van der Waals surface area contributed by atoms with Gasteiger partial charge in [-0.05, 0) is 31.3 Å². The van der Waals surface area contributed by atoms with Gasteiger partial charge in [0.25, 0.3) is 0 Å². The molecule has 0 aromatic heterocycles. The predicted octanol–water partition coefficient (Wildman–Crippen LogP) is 0.447. The molecule has 1 rings (SSSR count). The van der Waals surface area contributed by atoms with E-state index in [0.29, 0.717) is 11.8 Å². The van der Waals surface area contributed by atoms with Crippen molar-refractivity contribution in [1.29, 1.82) is 0 Å². The summed E-state index contributed by atoms with van der Waals surface area (Å²) in [5.41, 5.74) is 6.34. The lowest BCUT2D eigenvalue weighted by Gasteiger charge is -2.22. The normalized spacial score (nSPS) is 29.5. The third kappa shape index (κ3) is 3.89. The molecule has 0 bridgehead atoms. The Balaban J connectivity index is 2.05. The van der Waals surface area contributed by atoms with Crippen molar-refractivity contribution in [2.24, 2.45) is 5.73 Å². The number of nitrogens with two attached hydrogens (primary N) is 1. The topological polar surface area (TPSA) is 35.2 Å². The van der Waals surface area contributed by atoms with E-state index < -0.39 is 0 Å². The van der Waals surface area contributed by atoms with Crippen LogP contribution in [0.2, 0.25) is 6.04 Å². The molecule has 2 atom stereocenters. The van der Waals surface area contributed by atoms with Crippen LogP contribution in [0, 0.1) is 0 Å². The molecule has 0 aromatic rings. The van der Waals surface area contributed by atoms with Crippen LogP contribution in [0.5, 0.6) is 0 Å². The third-order valence-electron chi connectivity index (χ3n) is 2.22. The van der Waals surface area contributed by atoms with Crippen molar-refractivity contribution in [2.45, 2.75) is 44.0 Å². The standard InChI is InChI=1S/C8H19NOSi/c1-7(9)6-11-8-4-2-3-5-10-8/h7-8H,2-6,9,11H2,1H3. The van der Waals surface area contributed by atoms with Gasteiger partial charge in [0.05, 0.1) is 9.52 Å². The Morgan fingerprint density at radius 2 is 2.45 bits per heavy atom. The fraction of sp³-hybridized carbons (Fsp3) is 1.00. The quantitative estimate of drug-likeness (QED) is 0.629. The average Bonchev–Trinajstić information content (AvgIpc) is 2.03. The lowest BCUT2D eigenvalue weighted by atomic mass is 10.2. The Morgan fingerprint density at radius 1 is 1.64 bits per heavy atom. The van der Waals surface area contributed by atoms with E-state index in [2.05, 4.69) is 6.92 Å². The summed E-state index contributed by atoms with van der Waals surface area (Å²) in [6.45, 7) is 3.09. The first kappa shape index (κ1) is 9.23. The fourth-order valence-corrected chi connectivity index (χ4v) is 3.29. The van der Waals surface area contributed by atoms with Gasteiger partial charge in [0.15, 0.2) is 0 Å². The summed E-state index contributed by atoms with van der Waals surface area (Å²) in [7, 11) is -0.0292. The van der Waals surface area contributed by atoms with Crippen LogP contribution in [0.1, 0.15) is 26.2 Å². The molecule has 2 N–H and O–H groups in total. The van der Waals surface area contributed by atoms with Gasteiger partial charge in [0, 0.05) is 12.3 Å². The predicted molar refractivity (Wildman–Crippen MR) is 50.6 cm³/mol. The van der Waals surface area contributed by atoms with E-state index in [1.807, 2.05) is 0 Å². The molecule has 1 saturated heterocycles. The third-order valence-corrected chi connectivity index (χ3v) is 4.75. The van der Waals surface area contributed by atoms with Crippen LogP contribution in [0.15, 0.2) is 0 Å². The van der Waals surface area contributed by atoms with Crippen molar-refractivity contribution in [2.75, 3.05) is 6.61 Å². The van der Waals surface area contributed by atoms with E-state index in [4.69, 9.17) is 10.5 Å². The molecule has 11 heavy (non-hydrogen) atoms. The molecule has 2 nitrogen and oxygen atoms in total. The molecular weight excluding hydrogens is 154 g/mol. The molecule has 0 aromatic carbocycles. The van der Waals surface area contributed by atoms with Gasteiger partial charge in [-0.25, -0.2) is 0 Å².